The third-order valence-electron chi connectivity index (χ3n) is 3.51. The average Bonchev–Trinajstić information content (AvgIpc) is 2.59. The van der Waals surface area contributed by atoms with Crippen molar-refractivity contribution in [2.24, 2.45) is 0 Å². The number of ether oxygens (including phenoxy) is 2. The van der Waals surface area contributed by atoms with Crippen molar-refractivity contribution in [1.29, 1.82) is 5.26 Å². The molecule has 0 N–H and O–H groups in total. The van der Waals surface area contributed by atoms with Crippen LogP contribution in [0.2, 0.25) is 0 Å². The summed E-state index contributed by atoms with van der Waals surface area (Å²) < 4.78 is 10.8. The fourth-order valence-corrected chi connectivity index (χ4v) is 2.46. The first-order valence-electron chi connectivity index (χ1n) is 6.78. The minimum absolute atomic E-state index is 0.515. The van der Waals surface area contributed by atoms with E-state index in [-0.39, 0.29) is 0 Å². The van der Waals surface area contributed by atoms with Crippen LogP contribution in [0.15, 0.2) is 48.7 Å². The SMILES string of the molecule is COc1cc(C#N)cc(-c2cnc3ccccc3c2)c1OC. The Kier molecular flexibility index (Phi) is 3.63. The van der Waals surface area contributed by atoms with Gasteiger partial charge >= 0.3 is 0 Å². The molecule has 0 amide bonds. The number of nitriles is 1. The molecule has 4 heteroatoms. The van der Waals surface area contributed by atoms with Crippen molar-refractivity contribution in [2.45, 2.75) is 0 Å². The van der Waals surface area contributed by atoms with Crippen LogP contribution >= 0.6 is 0 Å². The van der Waals surface area contributed by atoms with Gasteiger partial charge in [0.2, 0.25) is 0 Å². The maximum Gasteiger partial charge on any atom is 0.168 e. The van der Waals surface area contributed by atoms with E-state index in [4.69, 9.17) is 9.47 Å². The zero-order valence-electron chi connectivity index (χ0n) is 12.3. The number of pyridine rings is 1. The summed E-state index contributed by atoms with van der Waals surface area (Å²) >= 11 is 0. The van der Waals surface area contributed by atoms with Gasteiger partial charge in [0.05, 0.1) is 31.4 Å². The van der Waals surface area contributed by atoms with Crippen LogP contribution in [0.1, 0.15) is 5.56 Å². The van der Waals surface area contributed by atoms with Gasteiger partial charge in [0.25, 0.3) is 0 Å². The zero-order chi connectivity index (χ0) is 15.5. The first-order chi connectivity index (χ1) is 10.8. The van der Waals surface area contributed by atoms with Gasteiger partial charge in [0.15, 0.2) is 11.5 Å². The summed E-state index contributed by atoms with van der Waals surface area (Å²) in [7, 11) is 3.14. The molecule has 3 rings (SSSR count). The van der Waals surface area contributed by atoms with Crippen molar-refractivity contribution < 1.29 is 9.47 Å². The summed E-state index contributed by atoms with van der Waals surface area (Å²) in [5, 5.41) is 10.2. The van der Waals surface area contributed by atoms with Gasteiger partial charge in [0, 0.05) is 28.8 Å². The molecule has 22 heavy (non-hydrogen) atoms. The van der Waals surface area contributed by atoms with E-state index in [2.05, 4.69) is 11.1 Å². The van der Waals surface area contributed by atoms with Crippen molar-refractivity contribution in [3.8, 4) is 28.7 Å². The summed E-state index contributed by atoms with van der Waals surface area (Å²) in [6.07, 6.45) is 1.78. The Hall–Kier alpha value is -3.06. The average molecular weight is 290 g/mol. The number of hydrogen-bond acceptors (Lipinski definition) is 4. The molecule has 0 spiro atoms. The molecule has 0 radical (unpaired) electrons. The van der Waals surface area contributed by atoms with Crippen LogP contribution in [0.5, 0.6) is 11.5 Å². The Morgan fingerprint density at radius 1 is 1.05 bits per heavy atom. The highest BCUT2D eigenvalue weighted by molar-refractivity contribution is 5.85. The van der Waals surface area contributed by atoms with Crippen LogP contribution in [-0.4, -0.2) is 19.2 Å². The minimum Gasteiger partial charge on any atom is -0.493 e. The van der Waals surface area contributed by atoms with E-state index in [1.54, 1.807) is 32.5 Å². The summed E-state index contributed by atoms with van der Waals surface area (Å²) in [4.78, 5) is 4.46. The molecular formula is C18H14N2O2. The number of nitrogens with zero attached hydrogens (tertiary/aromatic N) is 2. The van der Waals surface area contributed by atoms with E-state index in [0.717, 1.165) is 22.0 Å². The predicted molar refractivity (Wildman–Crippen MR) is 85.0 cm³/mol. The molecule has 0 aliphatic rings. The highest BCUT2D eigenvalue weighted by atomic mass is 16.5. The summed E-state index contributed by atoms with van der Waals surface area (Å²) in [6.45, 7) is 0. The van der Waals surface area contributed by atoms with Gasteiger partial charge in [-0.3, -0.25) is 4.98 Å². The lowest BCUT2D eigenvalue weighted by Crippen LogP contribution is -1.95. The van der Waals surface area contributed by atoms with Crippen molar-refractivity contribution in [2.75, 3.05) is 14.2 Å². The number of fused-ring (bicyclic) bond motifs is 1. The van der Waals surface area contributed by atoms with Crippen molar-refractivity contribution in [3.63, 3.8) is 0 Å². The number of benzene rings is 2. The van der Waals surface area contributed by atoms with E-state index in [1.165, 1.54) is 0 Å². The second-order valence-electron chi connectivity index (χ2n) is 4.79. The van der Waals surface area contributed by atoms with Gasteiger partial charge in [-0.05, 0) is 18.2 Å². The standard InChI is InChI=1S/C18H14N2O2/c1-21-17-8-12(10-19)7-15(18(17)22-2)14-9-13-5-3-4-6-16(13)20-11-14/h3-9,11H,1-2H3. The molecule has 0 aliphatic heterocycles. The summed E-state index contributed by atoms with van der Waals surface area (Å²) in [5.74, 6) is 1.13. The molecule has 0 bridgehead atoms. The van der Waals surface area contributed by atoms with Gasteiger partial charge < -0.3 is 9.47 Å². The smallest absolute Gasteiger partial charge is 0.168 e. The molecule has 4 nitrogen and oxygen atoms in total. The van der Waals surface area contributed by atoms with Crippen LogP contribution in [0.4, 0.5) is 0 Å². The van der Waals surface area contributed by atoms with Gasteiger partial charge in [-0.1, -0.05) is 18.2 Å². The lowest BCUT2D eigenvalue weighted by Gasteiger charge is -2.13. The van der Waals surface area contributed by atoms with Gasteiger partial charge in [0.1, 0.15) is 0 Å². The molecular weight excluding hydrogens is 276 g/mol. The normalized spacial score (nSPS) is 10.2. The van der Waals surface area contributed by atoms with Crippen LogP contribution < -0.4 is 9.47 Å². The van der Waals surface area contributed by atoms with E-state index >= 15 is 0 Å². The molecule has 1 aromatic heterocycles. The molecule has 0 atom stereocenters. The van der Waals surface area contributed by atoms with Crippen LogP contribution in [0.25, 0.3) is 22.0 Å². The topological polar surface area (TPSA) is 55.1 Å². The highest BCUT2D eigenvalue weighted by Gasteiger charge is 2.14. The number of hydrogen-bond donors (Lipinski definition) is 0. The molecule has 3 aromatic rings. The summed E-state index contributed by atoms with van der Waals surface area (Å²) in [5.41, 5.74) is 3.11. The molecule has 0 aliphatic carbocycles. The molecule has 108 valence electrons. The number of rotatable bonds is 3. The van der Waals surface area contributed by atoms with Crippen molar-refractivity contribution in [1.82, 2.24) is 4.98 Å². The quantitative estimate of drug-likeness (QED) is 0.736. The fourth-order valence-electron chi connectivity index (χ4n) is 2.46. The van der Waals surface area contributed by atoms with Gasteiger partial charge in [-0.25, -0.2) is 0 Å². The van der Waals surface area contributed by atoms with E-state index in [0.29, 0.717) is 17.1 Å². The molecule has 2 aromatic carbocycles. The van der Waals surface area contributed by atoms with Crippen LogP contribution in [-0.2, 0) is 0 Å². The second-order valence-corrected chi connectivity index (χ2v) is 4.79. The highest BCUT2D eigenvalue weighted by Crippen LogP contribution is 2.39. The first kappa shape index (κ1) is 13.9. The lowest BCUT2D eigenvalue weighted by molar-refractivity contribution is 0.356. The Labute approximate surface area is 128 Å². The number of aromatic nitrogens is 1. The summed E-state index contributed by atoms with van der Waals surface area (Å²) in [6, 6.07) is 15.5. The molecule has 1 heterocycles. The molecule has 0 unspecified atom stereocenters. The van der Waals surface area contributed by atoms with Crippen molar-refractivity contribution >= 4 is 10.9 Å². The Morgan fingerprint density at radius 2 is 1.86 bits per heavy atom. The number of methoxy groups -OCH3 is 2. The third-order valence-corrected chi connectivity index (χ3v) is 3.51. The maximum atomic E-state index is 9.20. The van der Waals surface area contributed by atoms with Gasteiger partial charge in [-0.15, -0.1) is 0 Å². The largest absolute Gasteiger partial charge is 0.493 e. The predicted octanol–water partition coefficient (Wildman–Crippen LogP) is 3.79. The number of para-hydroxylation sites is 1. The van der Waals surface area contributed by atoms with E-state index in [9.17, 15) is 5.26 Å². The van der Waals surface area contributed by atoms with Gasteiger partial charge in [-0.2, -0.15) is 5.26 Å². The molecule has 0 saturated carbocycles. The fraction of sp³-hybridized carbons (Fsp3) is 0.111. The Morgan fingerprint density at radius 3 is 2.59 bits per heavy atom. The van der Waals surface area contributed by atoms with Crippen LogP contribution in [0, 0.1) is 11.3 Å². The Balaban J connectivity index is 2.26. The lowest BCUT2D eigenvalue weighted by atomic mass is 10.0. The minimum atomic E-state index is 0.515. The van der Waals surface area contributed by atoms with Crippen molar-refractivity contribution in [3.05, 3.63) is 54.2 Å². The first-order valence-corrected chi connectivity index (χ1v) is 6.78. The Bertz CT molecular complexity index is 882. The monoisotopic (exact) mass is 290 g/mol. The molecule has 0 fully saturated rings. The zero-order valence-corrected chi connectivity index (χ0v) is 12.3. The van der Waals surface area contributed by atoms with E-state index < -0.39 is 0 Å². The second kappa shape index (κ2) is 5.74. The van der Waals surface area contributed by atoms with E-state index in [1.807, 2.05) is 30.3 Å². The van der Waals surface area contributed by atoms with Crippen LogP contribution in [0.3, 0.4) is 0 Å². The third kappa shape index (κ3) is 2.33. The maximum absolute atomic E-state index is 9.20. The molecule has 0 saturated heterocycles.